The molecular weight excluding hydrogens is 280 g/mol. The molecule has 5 nitrogen and oxygen atoms in total. The minimum Gasteiger partial charge on any atom is -0.395 e. The maximum Gasteiger partial charge on any atom is 0.228 e. The zero-order valence-electron chi connectivity index (χ0n) is 12.6. The van der Waals surface area contributed by atoms with Crippen molar-refractivity contribution in [3.05, 3.63) is 35.9 Å². The molecule has 0 spiro atoms. The van der Waals surface area contributed by atoms with Crippen LogP contribution in [0.2, 0.25) is 0 Å². The van der Waals surface area contributed by atoms with Crippen molar-refractivity contribution in [2.75, 3.05) is 19.7 Å². The summed E-state index contributed by atoms with van der Waals surface area (Å²) in [5.41, 5.74) is 1.08. The highest BCUT2D eigenvalue weighted by atomic mass is 16.3. The predicted octanol–water partition coefficient (Wildman–Crippen LogP) is 1.02. The predicted molar refractivity (Wildman–Crippen MR) is 81.8 cm³/mol. The molecule has 1 unspecified atom stereocenters. The molecule has 2 amide bonds. The number of amides is 2. The number of carbonyl (C=O) groups excluding carboxylic acids is 2. The lowest BCUT2D eigenvalue weighted by molar-refractivity contribution is -0.136. The molecule has 0 aromatic heterocycles. The summed E-state index contributed by atoms with van der Waals surface area (Å²) in [5, 5.41) is 9.13. The molecule has 1 aromatic carbocycles. The van der Waals surface area contributed by atoms with Gasteiger partial charge in [0.05, 0.1) is 12.5 Å². The fourth-order valence-electron chi connectivity index (χ4n) is 3.10. The summed E-state index contributed by atoms with van der Waals surface area (Å²) in [6.07, 6.45) is 2.32. The monoisotopic (exact) mass is 302 g/mol. The lowest BCUT2D eigenvalue weighted by Gasteiger charge is -2.24. The molecule has 22 heavy (non-hydrogen) atoms. The van der Waals surface area contributed by atoms with Crippen LogP contribution in [0.1, 0.15) is 24.8 Å². The number of rotatable bonds is 6. The van der Waals surface area contributed by atoms with Crippen LogP contribution < -0.4 is 0 Å². The van der Waals surface area contributed by atoms with E-state index in [9.17, 15) is 9.59 Å². The Labute approximate surface area is 130 Å². The van der Waals surface area contributed by atoms with Gasteiger partial charge in [-0.05, 0) is 18.4 Å². The molecule has 0 bridgehead atoms. The quantitative estimate of drug-likeness (QED) is 0.853. The van der Waals surface area contributed by atoms with Crippen LogP contribution in [0.25, 0.3) is 0 Å². The van der Waals surface area contributed by atoms with Gasteiger partial charge in [0.2, 0.25) is 11.8 Å². The maximum absolute atomic E-state index is 12.6. The number of nitrogens with zero attached hydrogens (tertiary/aromatic N) is 2. The number of benzene rings is 1. The van der Waals surface area contributed by atoms with Crippen molar-refractivity contribution >= 4 is 11.8 Å². The molecule has 3 rings (SSSR count). The lowest BCUT2D eigenvalue weighted by atomic mass is 10.1. The second kappa shape index (κ2) is 6.48. The van der Waals surface area contributed by atoms with Gasteiger partial charge in [0.15, 0.2) is 0 Å². The number of aliphatic hydroxyl groups is 1. The number of likely N-dealkylation sites (tertiary alicyclic amines) is 1. The zero-order chi connectivity index (χ0) is 15.5. The third-order valence-electron chi connectivity index (χ3n) is 4.39. The van der Waals surface area contributed by atoms with E-state index in [4.69, 9.17) is 5.11 Å². The number of hydrogen-bond acceptors (Lipinski definition) is 3. The Morgan fingerprint density at radius 2 is 2.00 bits per heavy atom. The molecule has 1 atom stereocenters. The highest BCUT2D eigenvalue weighted by molar-refractivity contribution is 5.89. The van der Waals surface area contributed by atoms with Crippen LogP contribution in [0, 0.1) is 5.92 Å². The van der Waals surface area contributed by atoms with E-state index in [1.807, 2.05) is 30.3 Å². The standard InChI is InChI=1S/C17H22N2O3/c20-9-8-19(15-6-7-15)17(22)14-10-16(21)18(12-14)11-13-4-2-1-3-5-13/h1-5,14-15,20H,6-12H2. The molecule has 1 aromatic rings. The van der Waals surface area contributed by atoms with Crippen molar-refractivity contribution in [2.45, 2.75) is 31.8 Å². The third-order valence-corrected chi connectivity index (χ3v) is 4.39. The van der Waals surface area contributed by atoms with Crippen LogP contribution in [-0.4, -0.2) is 52.5 Å². The molecule has 2 aliphatic rings. The first kappa shape index (κ1) is 15.0. The normalized spacial score (nSPS) is 21.2. The molecule has 1 aliphatic carbocycles. The number of carbonyl (C=O) groups is 2. The van der Waals surface area contributed by atoms with Gasteiger partial charge in [0.1, 0.15) is 0 Å². The average Bonchev–Trinajstić information content (AvgIpc) is 3.30. The fourth-order valence-corrected chi connectivity index (χ4v) is 3.10. The Kier molecular flexibility index (Phi) is 4.43. The Morgan fingerprint density at radius 3 is 2.64 bits per heavy atom. The van der Waals surface area contributed by atoms with E-state index in [0.29, 0.717) is 26.1 Å². The summed E-state index contributed by atoms with van der Waals surface area (Å²) in [5.74, 6) is -0.189. The first-order valence-corrected chi connectivity index (χ1v) is 7.92. The van der Waals surface area contributed by atoms with Gasteiger partial charge < -0.3 is 14.9 Å². The summed E-state index contributed by atoms with van der Waals surface area (Å²) in [6.45, 7) is 1.41. The van der Waals surface area contributed by atoms with Gasteiger partial charge in [0.25, 0.3) is 0 Å². The number of aliphatic hydroxyl groups excluding tert-OH is 1. The minimum atomic E-state index is -0.261. The van der Waals surface area contributed by atoms with Gasteiger partial charge in [0, 0.05) is 32.1 Å². The molecule has 1 N–H and O–H groups in total. The number of hydrogen-bond donors (Lipinski definition) is 1. The Balaban J connectivity index is 1.62. The van der Waals surface area contributed by atoms with Gasteiger partial charge in [-0.2, -0.15) is 0 Å². The van der Waals surface area contributed by atoms with Gasteiger partial charge >= 0.3 is 0 Å². The van der Waals surface area contributed by atoms with Crippen molar-refractivity contribution in [3.8, 4) is 0 Å². The van der Waals surface area contributed by atoms with Gasteiger partial charge in [-0.1, -0.05) is 30.3 Å². The van der Waals surface area contributed by atoms with Crippen molar-refractivity contribution in [2.24, 2.45) is 5.92 Å². The van der Waals surface area contributed by atoms with Gasteiger partial charge in [-0.15, -0.1) is 0 Å². The molecule has 1 saturated heterocycles. The summed E-state index contributed by atoms with van der Waals surface area (Å²) < 4.78 is 0. The zero-order valence-corrected chi connectivity index (χ0v) is 12.6. The highest BCUT2D eigenvalue weighted by Crippen LogP contribution is 2.30. The van der Waals surface area contributed by atoms with E-state index >= 15 is 0 Å². The Morgan fingerprint density at radius 1 is 1.27 bits per heavy atom. The SMILES string of the molecule is O=C1CC(C(=O)N(CCO)C2CC2)CN1Cc1ccccc1. The molecule has 0 radical (unpaired) electrons. The van der Waals surface area contributed by atoms with Crippen LogP contribution in [0.5, 0.6) is 0 Å². The van der Waals surface area contributed by atoms with Crippen LogP contribution in [0.3, 0.4) is 0 Å². The van der Waals surface area contributed by atoms with Crippen molar-refractivity contribution < 1.29 is 14.7 Å². The van der Waals surface area contributed by atoms with Gasteiger partial charge in [-0.3, -0.25) is 9.59 Å². The average molecular weight is 302 g/mol. The molecule has 1 saturated carbocycles. The first-order valence-electron chi connectivity index (χ1n) is 7.92. The van der Waals surface area contributed by atoms with E-state index < -0.39 is 0 Å². The summed E-state index contributed by atoms with van der Waals surface area (Å²) >= 11 is 0. The van der Waals surface area contributed by atoms with E-state index in [1.54, 1.807) is 9.80 Å². The van der Waals surface area contributed by atoms with E-state index in [2.05, 4.69) is 0 Å². The van der Waals surface area contributed by atoms with Crippen LogP contribution in [0.4, 0.5) is 0 Å². The topological polar surface area (TPSA) is 60.9 Å². The minimum absolute atomic E-state index is 0.0172. The lowest BCUT2D eigenvalue weighted by Crippen LogP contribution is -2.40. The molecular formula is C17H22N2O3. The van der Waals surface area contributed by atoms with E-state index in [0.717, 1.165) is 18.4 Å². The second-order valence-electron chi connectivity index (χ2n) is 6.15. The summed E-state index contributed by atoms with van der Waals surface area (Å²) in [6, 6.07) is 10.1. The second-order valence-corrected chi connectivity index (χ2v) is 6.15. The molecule has 118 valence electrons. The third kappa shape index (κ3) is 3.30. The molecule has 1 aliphatic heterocycles. The van der Waals surface area contributed by atoms with Crippen LogP contribution >= 0.6 is 0 Å². The molecule has 2 fully saturated rings. The van der Waals surface area contributed by atoms with Gasteiger partial charge in [-0.25, -0.2) is 0 Å². The summed E-state index contributed by atoms with van der Waals surface area (Å²) in [4.78, 5) is 28.3. The van der Waals surface area contributed by atoms with Crippen molar-refractivity contribution in [1.82, 2.24) is 9.80 Å². The molecule has 5 heteroatoms. The van der Waals surface area contributed by atoms with Crippen LogP contribution in [-0.2, 0) is 16.1 Å². The van der Waals surface area contributed by atoms with E-state index in [-0.39, 0.29) is 30.4 Å². The van der Waals surface area contributed by atoms with E-state index in [1.165, 1.54) is 0 Å². The van der Waals surface area contributed by atoms with Crippen molar-refractivity contribution in [3.63, 3.8) is 0 Å². The molecule has 1 heterocycles. The Hall–Kier alpha value is -1.88. The Bertz CT molecular complexity index is 542. The van der Waals surface area contributed by atoms with Crippen molar-refractivity contribution in [1.29, 1.82) is 0 Å². The largest absolute Gasteiger partial charge is 0.395 e. The summed E-state index contributed by atoms with van der Waals surface area (Å²) in [7, 11) is 0. The maximum atomic E-state index is 12.6. The van der Waals surface area contributed by atoms with Crippen LogP contribution in [0.15, 0.2) is 30.3 Å². The highest BCUT2D eigenvalue weighted by Gasteiger charge is 2.40. The smallest absolute Gasteiger partial charge is 0.228 e. The fraction of sp³-hybridized carbons (Fsp3) is 0.529. The first-order chi connectivity index (χ1) is 10.7.